The van der Waals surface area contributed by atoms with Crippen LogP contribution in [0.2, 0.25) is 0 Å². The molecule has 2 aromatic carbocycles. The van der Waals surface area contributed by atoms with E-state index in [9.17, 15) is 9.59 Å². The SMILES string of the molecule is COc1cc(C)c(-n2c(C3CC3)ccc(C(=O)Nc3ccc(Oc4ccnc5cc(OC)c(OC)cc45)c(F)c3)c2=O)cn1. The highest BCUT2D eigenvalue weighted by Gasteiger charge is 2.29. The second kappa shape index (κ2) is 11.7. The summed E-state index contributed by atoms with van der Waals surface area (Å²) in [5.41, 5.74) is 2.31. The number of hydrogen-bond acceptors (Lipinski definition) is 8. The number of halogens is 1. The van der Waals surface area contributed by atoms with Crippen LogP contribution in [0.4, 0.5) is 10.1 Å². The van der Waals surface area contributed by atoms with Gasteiger partial charge in [0, 0.05) is 41.2 Å². The van der Waals surface area contributed by atoms with Gasteiger partial charge in [-0.3, -0.25) is 19.1 Å². The van der Waals surface area contributed by atoms with E-state index in [-0.39, 0.29) is 22.9 Å². The number of aromatic nitrogens is 3. The zero-order valence-electron chi connectivity index (χ0n) is 24.5. The van der Waals surface area contributed by atoms with Crippen molar-refractivity contribution in [2.75, 3.05) is 26.6 Å². The van der Waals surface area contributed by atoms with E-state index in [0.717, 1.165) is 30.2 Å². The standard InChI is InChI=1S/C33H29FN4O6/c1-18-13-31(43-4)36-17-26(18)38-25(19-5-6-19)9-8-21(33(38)40)32(39)37-20-7-10-28(23(34)14-20)44-27-11-12-35-24-16-30(42-3)29(41-2)15-22(24)27/h7-17,19H,5-6H2,1-4H3,(H,37,39). The quantitative estimate of drug-likeness (QED) is 0.215. The lowest BCUT2D eigenvalue weighted by Gasteiger charge is -2.17. The second-order valence-corrected chi connectivity index (χ2v) is 10.3. The second-order valence-electron chi connectivity index (χ2n) is 10.3. The van der Waals surface area contributed by atoms with E-state index in [2.05, 4.69) is 15.3 Å². The lowest BCUT2D eigenvalue weighted by Crippen LogP contribution is -2.30. The molecule has 44 heavy (non-hydrogen) atoms. The molecule has 1 aliphatic carbocycles. The Balaban J connectivity index is 1.27. The van der Waals surface area contributed by atoms with Gasteiger partial charge in [-0.25, -0.2) is 9.37 Å². The number of hydrogen-bond donors (Lipinski definition) is 1. The molecule has 0 atom stereocenters. The highest BCUT2D eigenvalue weighted by molar-refractivity contribution is 6.04. The van der Waals surface area contributed by atoms with Crippen LogP contribution in [0.1, 0.15) is 40.4 Å². The molecule has 1 N–H and O–H groups in total. The van der Waals surface area contributed by atoms with Gasteiger partial charge in [0.1, 0.15) is 11.3 Å². The number of nitrogens with zero attached hydrogens (tertiary/aromatic N) is 3. The Morgan fingerprint density at radius 1 is 0.909 bits per heavy atom. The number of anilines is 1. The van der Waals surface area contributed by atoms with Crippen molar-refractivity contribution < 1.29 is 28.1 Å². The number of fused-ring (bicyclic) bond motifs is 1. The Morgan fingerprint density at radius 2 is 1.68 bits per heavy atom. The van der Waals surface area contributed by atoms with E-state index >= 15 is 4.39 Å². The molecule has 1 aliphatic rings. The van der Waals surface area contributed by atoms with Crippen molar-refractivity contribution in [3.8, 4) is 34.6 Å². The van der Waals surface area contributed by atoms with E-state index in [1.54, 1.807) is 42.7 Å². The number of pyridine rings is 3. The number of ether oxygens (including phenoxy) is 4. The normalized spacial score (nSPS) is 12.6. The third kappa shape index (κ3) is 5.39. The van der Waals surface area contributed by atoms with E-state index in [1.165, 1.54) is 44.1 Å². The summed E-state index contributed by atoms with van der Waals surface area (Å²) in [5, 5.41) is 3.23. The van der Waals surface area contributed by atoms with Gasteiger partial charge in [-0.05, 0) is 67.6 Å². The molecule has 1 amide bonds. The Morgan fingerprint density at radius 3 is 2.36 bits per heavy atom. The van der Waals surface area contributed by atoms with Crippen LogP contribution >= 0.6 is 0 Å². The number of aryl methyl sites for hydroxylation is 1. The molecule has 0 aliphatic heterocycles. The van der Waals surface area contributed by atoms with Crippen molar-refractivity contribution in [2.24, 2.45) is 0 Å². The molecule has 3 heterocycles. The minimum absolute atomic E-state index is 0.0658. The van der Waals surface area contributed by atoms with Crippen LogP contribution in [-0.2, 0) is 0 Å². The van der Waals surface area contributed by atoms with Gasteiger partial charge >= 0.3 is 0 Å². The molecule has 0 saturated heterocycles. The Hall–Kier alpha value is -5.45. The molecule has 6 rings (SSSR count). The van der Waals surface area contributed by atoms with Gasteiger partial charge in [0.15, 0.2) is 23.1 Å². The predicted molar refractivity (Wildman–Crippen MR) is 162 cm³/mol. The van der Waals surface area contributed by atoms with Gasteiger partial charge in [-0.2, -0.15) is 0 Å². The highest BCUT2D eigenvalue weighted by Crippen LogP contribution is 2.41. The van der Waals surface area contributed by atoms with Crippen LogP contribution in [0, 0.1) is 12.7 Å². The number of rotatable bonds is 9. The fourth-order valence-electron chi connectivity index (χ4n) is 5.05. The van der Waals surface area contributed by atoms with Crippen LogP contribution in [0.5, 0.6) is 28.9 Å². The van der Waals surface area contributed by atoms with Gasteiger partial charge in [0.2, 0.25) is 5.88 Å². The first-order valence-electron chi connectivity index (χ1n) is 13.9. The zero-order chi connectivity index (χ0) is 31.0. The smallest absolute Gasteiger partial charge is 0.268 e. The third-order valence-corrected chi connectivity index (χ3v) is 7.48. The number of nitrogens with one attached hydrogen (secondary N) is 1. The molecule has 0 bridgehead atoms. The third-order valence-electron chi connectivity index (χ3n) is 7.48. The van der Waals surface area contributed by atoms with Crippen molar-refractivity contribution in [1.29, 1.82) is 0 Å². The van der Waals surface area contributed by atoms with Gasteiger partial charge in [0.25, 0.3) is 11.5 Å². The molecule has 11 heteroatoms. The van der Waals surface area contributed by atoms with E-state index in [0.29, 0.717) is 39.7 Å². The van der Waals surface area contributed by atoms with Crippen LogP contribution in [0.15, 0.2) is 71.8 Å². The molecule has 0 unspecified atom stereocenters. The minimum Gasteiger partial charge on any atom is -0.493 e. The molecular weight excluding hydrogens is 567 g/mol. The van der Waals surface area contributed by atoms with Gasteiger partial charge < -0.3 is 24.3 Å². The molecular formula is C33H29FN4O6. The number of carbonyl (C=O) groups excluding carboxylic acids is 1. The van der Waals surface area contributed by atoms with Crippen molar-refractivity contribution in [2.45, 2.75) is 25.7 Å². The van der Waals surface area contributed by atoms with Crippen molar-refractivity contribution >= 4 is 22.5 Å². The monoisotopic (exact) mass is 596 g/mol. The summed E-state index contributed by atoms with van der Waals surface area (Å²) < 4.78 is 38.6. The summed E-state index contributed by atoms with van der Waals surface area (Å²) in [6.45, 7) is 1.85. The predicted octanol–water partition coefficient (Wildman–Crippen LogP) is 6.18. The summed E-state index contributed by atoms with van der Waals surface area (Å²) in [4.78, 5) is 35.6. The minimum atomic E-state index is -0.713. The average Bonchev–Trinajstić information content (AvgIpc) is 3.87. The summed E-state index contributed by atoms with van der Waals surface area (Å²) in [6, 6.07) is 14.1. The van der Waals surface area contributed by atoms with Gasteiger partial charge in [-0.15, -0.1) is 0 Å². The molecule has 0 radical (unpaired) electrons. The Bertz CT molecular complexity index is 1970. The molecule has 224 valence electrons. The zero-order valence-corrected chi connectivity index (χ0v) is 24.5. The first kappa shape index (κ1) is 28.7. The summed E-state index contributed by atoms with van der Waals surface area (Å²) in [6.07, 6.45) is 5.02. The first-order chi connectivity index (χ1) is 21.3. The molecule has 1 saturated carbocycles. The maximum atomic E-state index is 15.3. The number of carbonyl (C=O) groups is 1. The van der Waals surface area contributed by atoms with E-state index < -0.39 is 17.3 Å². The first-order valence-corrected chi connectivity index (χ1v) is 13.9. The van der Waals surface area contributed by atoms with Crippen LogP contribution < -0.4 is 29.8 Å². The average molecular weight is 597 g/mol. The van der Waals surface area contributed by atoms with E-state index in [1.807, 2.05) is 6.92 Å². The summed E-state index contributed by atoms with van der Waals surface area (Å²) >= 11 is 0. The topological polar surface area (TPSA) is 114 Å². The molecule has 5 aromatic rings. The summed E-state index contributed by atoms with van der Waals surface area (Å²) in [5.74, 6) is 0.528. The fourth-order valence-corrected chi connectivity index (χ4v) is 5.05. The van der Waals surface area contributed by atoms with Crippen molar-refractivity contribution in [3.63, 3.8) is 0 Å². The maximum absolute atomic E-state index is 15.3. The maximum Gasteiger partial charge on any atom is 0.268 e. The molecule has 1 fully saturated rings. The van der Waals surface area contributed by atoms with Crippen LogP contribution in [-0.4, -0.2) is 41.8 Å². The lowest BCUT2D eigenvalue weighted by atomic mass is 10.1. The fraction of sp³-hybridized carbons (Fsp3) is 0.212. The van der Waals surface area contributed by atoms with Crippen molar-refractivity contribution in [3.05, 3.63) is 100.0 Å². The van der Waals surface area contributed by atoms with Crippen LogP contribution in [0.25, 0.3) is 16.6 Å². The Kier molecular flexibility index (Phi) is 7.60. The lowest BCUT2D eigenvalue weighted by molar-refractivity contribution is 0.102. The number of methoxy groups -OCH3 is 3. The molecule has 10 nitrogen and oxygen atoms in total. The number of benzene rings is 2. The largest absolute Gasteiger partial charge is 0.493 e. The van der Waals surface area contributed by atoms with Gasteiger partial charge in [0.05, 0.1) is 38.7 Å². The molecule has 0 spiro atoms. The Labute approximate surface area is 252 Å². The van der Waals surface area contributed by atoms with Crippen LogP contribution in [0.3, 0.4) is 0 Å². The number of amides is 1. The van der Waals surface area contributed by atoms with E-state index in [4.69, 9.17) is 18.9 Å². The van der Waals surface area contributed by atoms with Gasteiger partial charge in [-0.1, -0.05) is 0 Å². The summed E-state index contributed by atoms with van der Waals surface area (Å²) in [7, 11) is 4.56. The highest BCUT2D eigenvalue weighted by atomic mass is 19.1. The van der Waals surface area contributed by atoms with Crippen molar-refractivity contribution in [1.82, 2.24) is 14.5 Å². The molecule has 3 aromatic heterocycles.